The molecule has 2 N–H and O–H groups in total. The Labute approximate surface area is 177 Å². The minimum atomic E-state index is -4.14. The van der Waals surface area contributed by atoms with Crippen molar-refractivity contribution in [2.24, 2.45) is 5.10 Å². The van der Waals surface area contributed by atoms with Gasteiger partial charge in [-0.15, -0.1) is 11.3 Å². The molecular weight excluding hydrogens is 428 g/mol. The molecule has 11 heteroatoms. The maximum atomic E-state index is 12.9. The minimum absolute atomic E-state index is 0.103. The number of thiophene rings is 1. The Morgan fingerprint density at radius 3 is 2.47 bits per heavy atom. The number of hydrogen-bond donors (Lipinski definition) is 2. The van der Waals surface area contributed by atoms with Crippen LogP contribution in [0.5, 0.6) is 5.75 Å². The van der Waals surface area contributed by atoms with E-state index in [1.165, 1.54) is 42.7 Å². The molecule has 0 radical (unpaired) electrons. The average molecular weight is 447 g/mol. The molecule has 0 saturated carbocycles. The molecule has 0 unspecified atom stereocenters. The second-order valence-electron chi connectivity index (χ2n) is 6.09. The van der Waals surface area contributed by atoms with E-state index in [0.29, 0.717) is 5.75 Å². The van der Waals surface area contributed by atoms with Gasteiger partial charge in [-0.2, -0.15) is 5.10 Å². The number of hydrazone groups is 1. The third-order valence-electron chi connectivity index (χ3n) is 3.95. The first-order valence-electron chi connectivity index (χ1n) is 8.59. The van der Waals surface area contributed by atoms with Gasteiger partial charge in [0.2, 0.25) is 0 Å². The van der Waals surface area contributed by atoms with Crippen LogP contribution in [0.25, 0.3) is 0 Å². The van der Waals surface area contributed by atoms with Gasteiger partial charge in [0.05, 0.1) is 23.9 Å². The summed E-state index contributed by atoms with van der Waals surface area (Å²) in [7, 11) is -2.64. The first kappa shape index (κ1) is 21.3. The van der Waals surface area contributed by atoms with Crippen LogP contribution in [-0.4, -0.2) is 26.7 Å². The number of anilines is 2. The van der Waals surface area contributed by atoms with Gasteiger partial charge in [-0.25, -0.2) is 8.42 Å². The van der Waals surface area contributed by atoms with Crippen LogP contribution in [0, 0.1) is 17.0 Å². The summed E-state index contributed by atoms with van der Waals surface area (Å²) in [4.78, 5) is 12.2. The number of non-ortho nitro benzene ring substituents is 1. The molecule has 156 valence electrons. The predicted molar refractivity (Wildman–Crippen MR) is 117 cm³/mol. The molecule has 0 aliphatic heterocycles. The summed E-state index contributed by atoms with van der Waals surface area (Å²) in [6.07, 6.45) is 1.55. The summed E-state index contributed by atoms with van der Waals surface area (Å²) < 4.78 is 33.3. The second-order valence-corrected chi connectivity index (χ2v) is 9.06. The third kappa shape index (κ3) is 5.13. The molecule has 30 heavy (non-hydrogen) atoms. The molecule has 0 atom stereocenters. The van der Waals surface area contributed by atoms with Crippen LogP contribution in [-0.2, 0) is 10.0 Å². The molecule has 0 fully saturated rings. The number of nitro benzene ring substituents is 1. The van der Waals surface area contributed by atoms with E-state index in [9.17, 15) is 18.5 Å². The summed E-state index contributed by atoms with van der Waals surface area (Å²) >= 11 is 1.52. The van der Waals surface area contributed by atoms with E-state index in [1.54, 1.807) is 18.3 Å². The van der Waals surface area contributed by atoms with Crippen molar-refractivity contribution in [3.63, 3.8) is 0 Å². The van der Waals surface area contributed by atoms with Crippen molar-refractivity contribution in [2.45, 2.75) is 11.8 Å². The largest absolute Gasteiger partial charge is 0.497 e. The van der Waals surface area contributed by atoms with Crippen molar-refractivity contribution >= 4 is 44.6 Å². The first-order valence-corrected chi connectivity index (χ1v) is 10.9. The number of methoxy groups -OCH3 is 1. The van der Waals surface area contributed by atoms with E-state index in [0.717, 1.165) is 15.8 Å². The zero-order chi connectivity index (χ0) is 21.7. The fourth-order valence-corrected chi connectivity index (χ4v) is 4.48. The Hall–Kier alpha value is -3.44. The maximum absolute atomic E-state index is 12.9. The fourth-order valence-electron chi connectivity index (χ4n) is 2.50. The number of ether oxygens (including phenoxy) is 1. The molecule has 3 aromatic rings. The molecule has 0 spiro atoms. The van der Waals surface area contributed by atoms with Gasteiger partial charge in [0.15, 0.2) is 0 Å². The quantitative estimate of drug-likeness (QED) is 0.303. The van der Waals surface area contributed by atoms with Gasteiger partial charge in [-0.3, -0.25) is 20.3 Å². The molecule has 1 heterocycles. The van der Waals surface area contributed by atoms with Crippen molar-refractivity contribution in [1.29, 1.82) is 0 Å². The molecule has 0 amide bonds. The number of nitro groups is 1. The SMILES string of the molecule is COc1ccc(NS(=O)(=O)c2cc([N+](=O)[O-])ccc2N/N=C/c2ccc(C)s2)cc1. The van der Waals surface area contributed by atoms with E-state index in [1.807, 2.05) is 19.1 Å². The maximum Gasteiger partial charge on any atom is 0.270 e. The van der Waals surface area contributed by atoms with E-state index in [2.05, 4.69) is 15.2 Å². The Bertz CT molecular complexity index is 1190. The van der Waals surface area contributed by atoms with Crippen LogP contribution in [0.15, 0.2) is 64.6 Å². The topological polar surface area (TPSA) is 123 Å². The van der Waals surface area contributed by atoms with Crippen molar-refractivity contribution < 1.29 is 18.1 Å². The van der Waals surface area contributed by atoms with Crippen LogP contribution in [0.4, 0.5) is 17.1 Å². The third-order valence-corrected chi connectivity index (χ3v) is 6.30. The molecule has 2 aromatic carbocycles. The molecule has 3 rings (SSSR count). The molecule has 0 saturated heterocycles. The lowest BCUT2D eigenvalue weighted by atomic mass is 10.3. The lowest BCUT2D eigenvalue weighted by Crippen LogP contribution is -2.15. The van der Waals surface area contributed by atoms with Crippen LogP contribution >= 0.6 is 11.3 Å². The zero-order valence-electron chi connectivity index (χ0n) is 16.0. The lowest BCUT2D eigenvalue weighted by Gasteiger charge is -2.12. The summed E-state index contributed by atoms with van der Waals surface area (Å²) in [5.41, 5.74) is 2.69. The highest BCUT2D eigenvalue weighted by Crippen LogP contribution is 2.29. The van der Waals surface area contributed by atoms with E-state index in [-0.39, 0.29) is 22.0 Å². The number of nitrogens with one attached hydrogen (secondary N) is 2. The van der Waals surface area contributed by atoms with Crippen molar-refractivity contribution in [3.05, 3.63) is 74.5 Å². The molecule has 0 bridgehead atoms. The standard InChI is InChI=1S/C19H18N4O5S2/c1-13-3-9-17(29-13)12-20-21-18-10-6-15(23(24)25)11-19(18)30(26,27)22-14-4-7-16(28-2)8-5-14/h3-12,21-22H,1-2H3/b20-12+. The number of nitrogens with zero attached hydrogens (tertiary/aromatic N) is 2. The van der Waals surface area contributed by atoms with Crippen molar-refractivity contribution in [3.8, 4) is 5.75 Å². The van der Waals surface area contributed by atoms with E-state index < -0.39 is 14.9 Å². The number of hydrogen-bond acceptors (Lipinski definition) is 8. The summed E-state index contributed by atoms with van der Waals surface area (Å²) in [5, 5.41) is 15.2. The highest BCUT2D eigenvalue weighted by atomic mass is 32.2. The summed E-state index contributed by atoms with van der Waals surface area (Å²) in [6.45, 7) is 1.96. The van der Waals surface area contributed by atoms with Crippen molar-refractivity contribution in [1.82, 2.24) is 0 Å². The Morgan fingerprint density at radius 1 is 1.13 bits per heavy atom. The van der Waals surface area contributed by atoms with Gasteiger partial charge in [0.25, 0.3) is 15.7 Å². The van der Waals surface area contributed by atoms with Crippen LogP contribution in [0.2, 0.25) is 0 Å². The Morgan fingerprint density at radius 2 is 1.87 bits per heavy atom. The monoisotopic (exact) mass is 446 g/mol. The fraction of sp³-hybridized carbons (Fsp3) is 0.105. The van der Waals surface area contributed by atoms with Gasteiger partial charge in [-0.1, -0.05) is 0 Å². The van der Waals surface area contributed by atoms with Crippen molar-refractivity contribution in [2.75, 3.05) is 17.3 Å². The van der Waals surface area contributed by atoms with E-state index >= 15 is 0 Å². The highest BCUT2D eigenvalue weighted by molar-refractivity contribution is 7.92. The lowest BCUT2D eigenvalue weighted by molar-refractivity contribution is -0.385. The second kappa shape index (κ2) is 8.93. The Balaban J connectivity index is 1.91. The van der Waals surface area contributed by atoms with Crippen LogP contribution in [0.1, 0.15) is 9.75 Å². The van der Waals surface area contributed by atoms with Crippen LogP contribution < -0.4 is 14.9 Å². The molecule has 1 aromatic heterocycles. The number of sulfonamides is 1. The minimum Gasteiger partial charge on any atom is -0.497 e. The van der Waals surface area contributed by atoms with Crippen LogP contribution in [0.3, 0.4) is 0 Å². The average Bonchev–Trinajstić information content (AvgIpc) is 3.13. The van der Waals surface area contributed by atoms with Gasteiger partial charge < -0.3 is 4.74 Å². The van der Waals surface area contributed by atoms with Gasteiger partial charge in [0, 0.05) is 27.6 Å². The van der Waals surface area contributed by atoms with Gasteiger partial charge in [-0.05, 0) is 49.4 Å². The van der Waals surface area contributed by atoms with Gasteiger partial charge in [0.1, 0.15) is 10.6 Å². The number of benzene rings is 2. The predicted octanol–water partition coefficient (Wildman–Crippen LogP) is 4.22. The number of rotatable bonds is 8. The number of aryl methyl sites for hydroxylation is 1. The Kier molecular flexibility index (Phi) is 6.33. The molecule has 0 aliphatic rings. The molecule has 9 nitrogen and oxygen atoms in total. The first-order chi connectivity index (χ1) is 14.3. The summed E-state index contributed by atoms with van der Waals surface area (Å²) in [5.74, 6) is 0.564. The smallest absolute Gasteiger partial charge is 0.270 e. The zero-order valence-corrected chi connectivity index (χ0v) is 17.7. The molecule has 0 aliphatic carbocycles. The highest BCUT2D eigenvalue weighted by Gasteiger charge is 2.22. The normalized spacial score (nSPS) is 11.4. The summed E-state index contributed by atoms with van der Waals surface area (Å²) in [6, 6.07) is 13.6. The van der Waals surface area contributed by atoms with Gasteiger partial charge >= 0.3 is 0 Å². The van der Waals surface area contributed by atoms with E-state index in [4.69, 9.17) is 4.74 Å². The molecular formula is C19H18N4O5S2.